The number of aromatic nitrogens is 5. The average Bonchev–Trinajstić information content (AvgIpc) is 3.36. The van der Waals surface area contributed by atoms with Gasteiger partial charge in [-0.3, -0.25) is 14.9 Å². The summed E-state index contributed by atoms with van der Waals surface area (Å²) in [4.78, 5) is 24.4. The average molecular weight is 364 g/mol. The van der Waals surface area contributed by atoms with Gasteiger partial charge in [-0.2, -0.15) is 10.1 Å². The Kier molecular flexibility index (Phi) is 4.65. The Bertz CT molecular complexity index is 919. The zero-order valence-corrected chi connectivity index (χ0v) is 14.6. The molecule has 5 N–H and O–H groups in total. The van der Waals surface area contributed by atoms with E-state index in [9.17, 15) is 4.79 Å². The van der Waals surface area contributed by atoms with Crippen LogP contribution in [0, 0.1) is 0 Å². The second kappa shape index (κ2) is 7.40. The summed E-state index contributed by atoms with van der Waals surface area (Å²) in [6, 6.07) is 3.81. The molecule has 9 heteroatoms. The van der Waals surface area contributed by atoms with Crippen molar-refractivity contribution in [1.82, 2.24) is 25.1 Å². The number of carbonyl (C=O) groups excluding carboxylic acids is 1. The number of primary amides is 1. The minimum atomic E-state index is -0.341. The molecule has 1 aliphatic rings. The van der Waals surface area contributed by atoms with Gasteiger partial charge in [0.15, 0.2) is 0 Å². The molecule has 0 unspecified atom stereocenters. The maximum Gasteiger partial charge on any atom is 0.229 e. The lowest BCUT2D eigenvalue weighted by atomic mass is 10.2. The summed E-state index contributed by atoms with van der Waals surface area (Å²) < 4.78 is 0. The third-order valence-electron chi connectivity index (χ3n) is 4.31. The number of nitrogens with one attached hydrogen (secondary N) is 3. The quantitative estimate of drug-likeness (QED) is 0.481. The van der Waals surface area contributed by atoms with E-state index in [2.05, 4.69) is 35.8 Å². The zero-order valence-electron chi connectivity index (χ0n) is 14.6. The van der Waals surface area contributed by atoms with Crippen LogP contribution in [0.3, 0.4) is 0 Å². The van der Waals surface area contributed by atoms with Gasteiger partial charge in [0.1, 0.15) is 5.82 Å². The first-order chi connectivity index (χ1) is 13.2. The van der Waals surface area contributed by atoms with Crippen LogP contribution < -0.4 is 16.4 Å². The number of hydrogen-bond acceptors (Lipinski definition) is 7. The molecule has 1 saturated carbocycles. The van der Waals surface area contributed by atoms with E-state index in [0.29, 0.717) is 18.4 Å². The van der Waals surface area contributed by atoms with Gasteiger partial charge in [0, 0.05) is 36.5 Å². The van der Waals surface area contributed by atoms with Gasteiger partial charge in [0.2, 0.25) is 11.9 Å². The van der Waals surface area contributed by atoms with Crippen molar-refractivity contribution in [2.75, 3.05) is 17.2 Å². The van der Waals surface area contributed by atoms with Crippen molar-refractivity contribution in [3.63, 3.8) is 0 Å². The van der Waals surface area contributed by atoms with Crippen LogP contribution in [0.2, 0.25) is 0 Å². The van der Waals surface area contributed by atoms with Gasteiger partial charge in [0.05, 0.1) is 23.8 Å². The summed E-state index contributed by atoms with van der Waals surface area (Å²) in [7, 11) is 0. The minimum Gasteiger partial charge on any atom is -0.370 e. The molecule has 138 valence electrons. The molecule has 0 bridgehead atoms. The maximum absolute atomic E-state index is 11.0. The van der Waals surface area contributed by atoms with E-state index in [0.717, 1.165) is 41.2 Å². The second-order valence-corrected chi connectivity index (χ2v) is 6.46. The van der Waals surface area contributed by atoms with E-state index >= 15 is 0 Å². The van der Waals surface area contributed by atoms with Gasteiger partial charge in [-0.1, -0.05) is 0 Å². The Labute approximate surface area is 155 Å². The topological polar surface area (TPSA) is 134 Å². The number of carbonyl (C=O) groups is 1. The highest BCUT2D eigenvalue weighted by Crippen LogP contribution is 2.42. The van der Waals surface area contributed by atoms with Crippen LogP contribution in [0.4, 0.5) is 17.5 Å². The van der Waals surface area contributed by atoms with Crippen LogP contribution in [0.15, 0.2) is 36.9 Å². The molecular formula is C18H20N8O. The Hall–Kier alpha value is -3.49. The monoisotopic (exact) mass is 364 g/mol. The lowest BCUT2D eigenvalue weighted by molar-refractivity contribution is -0.117. The predicted molar refractivity (Wildman–Crippen MR) is 101 cm³/mol. The van der Waals surface area contributed by atoms with Crippen LogP contribution in [0.25, 0.3) is 11.3 Å². The fourth-order valence-corrected chi connectivity index (χ4v) is 2.75. The summed E-state index contributed by atoms with van der Waals surface area (Å²) in [6.07, 6.45) is 9.61. The molecule has 4 rings (SSSR count). The summed E-state index contributed by atoms with van der Waals surface area (Å²) in [6.45, 7) is 0.451. The van der Waals surface area contributed by atoms with E-state index in [-0.39, 0.29) is 12.3 Å². The van der Waals surface area contributed by atoms with E-state index in [1.54, 1.807) is 18.6 Å². The summed E-state index contributed by atoms with van der Waals surface area (Å²) in [5.74, 6) is 1.37. The smallest absolute Gasteiger partial charge is 0.229 e. The van der Waals surface area contributed by atoms with Gasteiger partial charge in [-0.05, 0) is 30.9 Å². The van der Waals surface area contributed by atoms with Crippen LogP contribution in [0.5, 0.6) is 0 Å². The molecule has 1 aliphatic carbocycles. The Morgan fingerprint density at radius 2 is 2.11 bits per heavy atom. The van der Waals surface area contributed by atoms with Crippen molar-refractivity contribution in [2.45, 2.75) is 25.2 Å². The highest BCUT2D eigenvalue weighted by molar-refractivity contribution is 5.74. The van der Waals surface area contributed by atoms with Crippen molar-refractivity contribution >= 4 is 23.4 Å². The van der Waals surface area contributed by atoms with Gasteiger partial charge in [-0.15, -0.1) is 0 Å². The number of rotatable bonds is 8. The molecule has 0 saturated heterocycles. The fourth-order valence-electron chi connectivity index (χ4n) is 2.75. The van der Waals surface area contributed by atoms with E-state index in [1.807, 2.05) is 18.3 Å². The number of anilines is 3. The molecule has 0 aliphatic heterocycles. The molecule has 1 fully saturated rings. The number of nitrogens with zero attached hydrogens (tertiary/aromatic N) is 4. The fraction of sp³-hybridized carbons (Fsp3) is 0.278. The molecule has 3 aromatic heterocycles. The molecule has 1 amide bonds. The van der Waals surface area contributed by atoms with Crippen molar-refractivity contribution < 1.29 is 4.79 Å². The Morgan fingerprint density at radius 1 is 1.22 bits per heavy atom. The first-order valence-corrected chi connectivity index (χ1v) is 8.80. The van der Waals surface area contributed by atoms with Crippen molar-refractivity contribution in [2.24, 2.45) is 5.73 Å². The summed E-state index contributed by atoms with van der Waals surface area (Å²) in [5, 5.41) is 13.1. The highest BCUT2D eigenvalue weighted by atomic mass is 16.1. The molecule has 3 heterocycles. The van der Waals surface area contributed by atoms with Crippen LogP contribution in [-0.4, -0.2) is 37.6 Å². The summed E-state index contributed by atoms with van der Waals surface area (Å²) in [5.41, 5.74) is 8.82. The predicted octanol–water partition coefficient (Wildman–Crippen LogP) is 2.17. The van der Waals surface area contributed by atoms with E-state index in [4.69, 9.17) is 5.73 Å². The van der Waals surface area contributed by atoms with Gasteiger partial charge in [0.25, 0.3) is 0 Å². The molecule has 0 aromatic carbocycles. The van der Waals surface area contributed by atoms with Crippen molar-refractivity contribution in [3.8, 4) is 11.3 Å². The number of H-pyrrole nitrogens is 1. The lowest BCUT2D eigenvalue weighted by Gasteiger charge is -2.12. The number of hydrogen-bond donors (Lipinski definition) is 4. The van der Waals surface area contributed by atoms with Crippen LogP contribution in [0.1, 0.15) is 30.7 Å². The molecule has 0 radical (unpaired) electrons. The van der Waals surface area contributed by atoms with Crippen LogP contribution in [-0.2, 0) is 4.79 Å². The first kappa shape index (κ1) is 17.0. The van der Waals surface area contributed by atoms with E-state index in [1.165, 1.54) is 0 Å². The highest BCUT2D eigenvalue weighted by Gasteiger charge is 2.27. The molecule has 0 spiro atoms. The van der Waals surface area contributed by atoms with E-state index < -0.39 is 0 Å². The molecule has 3 aromatic rings. The largest absolute Gasteiger partial charge is 0.370 e. The standard InChI is InChI=1S/C18H20N8O/c19-16(27)5-6-20-17-14(11-1-2-11)10-22-18(26-17)25-13-3-4-15(21-9-13)12-7-23-24-8-12/h3-4,7-11H,1-2,5-6H2,(H2,19,27)(H,23,24)(H2,20,22,25,26). The zero-order chi connectivity index (χ0) is 18.6. The number of amides is 1. The molecular weight excluding hydrogens is 344 g/mol. The third-order valence-corrected chi connectivity index (χ3v) is 4.31. The maximum atomic E-state index is 11.0. The minimum absolute atomic E-state index is 0.260. The second-order valence-electron chi connectivity index (χ2n) is 6.46. The normalized spacial score (nSPS) is 13.3. The van der Waals surface area contributed by atoms with Crippen molar-refractivity contribution in [3.05, 3.63) is 42.5 Å². The van der Waals surface area contributed by atoms with Crippen LogP contribution >= 0.6 is 0 Å². The lowest BCUT2D eigenvalue weighted by Crippen LogP contribution is -2.17. The molecule has 9 nitrogen and oxygen atoms in total. The SMILES string of the molecule is NC(=O)CCNc1nc(Nc2ccc(-c3cn[nH]c3)nc2)ncc1C1CC1. The Morgan fingerprint density at radius 3 is 2.78 bits per heavy atom. The third kappa shape index (κ3) is 4.20. The van der Waals surface area contributed by atoms with Gasteiger partial charge >= 0.3 is 0 Å². The van der Waals surface area contributed by atoms with Gasteiger partial charge < -0.3 is 16.4 Å². The Balaban J connectivity index is 1.48. The molecule has 0 atom stereocenters. The van der Waals surface area contributed by atoms with Gasteiger partial charge in [-0.25, -0.2) is 4.98 Å². The number of aromatic amines is 1. The summed E-state index contributed by atoms with van der Waals surface area (Å²) >= 11 is 0. The van der Waals surface area contributed by atoms with Crippen molar-refractivity contribution in [1.29, 1.82) is 0 Å². The number of pyridine rings is 1. The number of nitrogens with two attached hydrogens (primary N) is 1. The first-order valence-electron chi connectivity index (χ1n) is 8.80. The molecule has 27 heavy (non-hydrogen) atoms.